The molecule has 86 valence electrons. The number of hydrogen-bond acceptors (Lipinski definition) is 3. The molecule has 1 aromatic heterocycles. The van der Waals surface area contributed by atoms with Gasteiger partial charge in [0.2, 0.25) is 5.91 Å². The van der Waals surface area contributed by atoms with E-state index < -0.39 is 0 Å². The number of primary amides is 1. The van der Waals surface area contributed by atoms with Gasteiger partial charge in [-0.25, -0.2) is 0 Å². The molecule has 1 aromatic rings. The van der Waals surface area contributed by atoms with Crippen LogP contribution in [0, 0.1) is 5.92 Å². The Bertz CT molecular complexity index is 386. The van der Waals surface area contributed by atoms with Gasteiger partial charge in [0.25, 0.3) is 5.91 Å². The van der Waals surface area contributed by atoms with Crippen molar-refractivity contribution in [2.75, 3.05) is 13.1 Å². The maximum absolute atomic E-state index is 11.9. The molecule has 5 heteroatoms. The molecular formula is C11H14N2O3. The summed E-state index contributed by atoms with van der Waals surface area (Å²) in [5.74, 6) is -0.425. The van der Waals surface area contributed by atoms with Crippen molar-refractivity contribution >= 4 is 11.8 Å². The van der Waals surface area contributed by atoms with E-state index in [1.165, 1.54) is 6.26 Å². The van der Waals surface area contributed by atoms with E-state index in [-0.39, 0.29) is 17.7 Å². The Labute approximate surface area is 93.2 Å². The lowest BCUT2D eigenvalue weighted by Gasteiger charge is -2.30. The van der Waals surface area contributed by atoms with Gasteiger partial charge in [0.05, 0.1) is 12.2 Å². The second kappa shape index (κ2) is 4.38. The molecule has 1 aliphatic heterocycles. The van der Waals surface area contributed by atoms with Crippen LogP contribution in [-0.4, -0.2) is 29.8 Å². The van der Waals surface area contributed by atoms with Crippen molar-refractivity contribution in [2.24, 2.45) is 11.7 Å². The van der Waals surface area contributed by atoms with E-state index in [2.05, 4.69) is 0 Å². The average molecular weight is 222 g/mol. The Balaban J connectivity index is 2.05. The van der Waals surface area contributed by atoms with Crippen molar-refractivity contribution in [3.8, 4) is 0 Å². The molecule has 2 rings (SSSR count). The molecule has 1 saturated heterocycles. The number of carbonyl (C=O) groups is 2. The molecule has 0 spiro atoms. The van der Waals surface area contributed by atoms with Gasteiger partial charge < -0.3 is 15.1 Å². The molecule has 0 radical (unpaired) electrons. The van der Waals surface area contributed by atoms with Gasteiger partial charge in [0.15, 0.2) is 5.76 Å². The molecule has 16 heavy (non-hydrogen) atoms. The first-order chi connectivity index (χ1) is 7.68. The lowest BCUT2D eigenvalue weighted by Crippen LogP contribution is -2.44. The monoisotopic (exact) mass is 222 g/mol. The largest absolute Gasteiger partial charge is 0.459 e. The molecule has 0 bridgehead atoms. The van der Waals surface area contributed by atoms with Crippen LogP contribution in [0.15, 0.2) is 22.8 Å². The van der Waals surface area contributed by atoms with Gasteiger partial charge >= 0.3 is 0 Å². The molecule has 0 saturated carbocycles. The standard InChI is InChI=1S/C11H14N2O3/c12-10(14)8-3-1-5-13(7-8)11(15)9-4-2-6-16-9/h2,4,6,8H,1,3,5,7H2,(H2,12,14). The van der Waals surface area contributed by atoms with Crippen LogP contribution in [0.2, 0.25) is 0 Å². The number of carbonyl (C=O) groups excluding carboxylic acids is 2. The van der Waals surface area contributed by atoms with E-state index in [0.717, 1.165) is 12.8 Å². The molecule has 5 nitrogen and oxygen atoms in total. The van der Waals surface area contributed by atoms with E-state index in [1.807, 2.05) is 0 Å². The van der Waals surface area contributed by atoms with Gasteiger partial charge in [-0.15, -0.1) is 0 Å². The van der Waals surface area contributed by atoms with Gasteiger partial charge in [0.1, 0.15) is 0 Å². The predicted octanol–water partition coefficient (Wildman–Crippen LogP) is 0.617. The zero-order valence-corrected chi connectivity index (χ0v) is 8.89. The number of nitrogens with zero attached hydrogens (tertiary/aromatic N) is 1. The summed E-state index contributed by atoms with van der Waals surface area (Å²) in [6.45, 7) is 1.05. The second-order valence-corrected chi connectivity index (χ2v) is 3.97. The smallest absolute Gasteiger partial charge is 0.289 e. The zero-order chi connectivity index (χ0) is 11.5. The average Bonchev–Trinajstić information content (AvgIpc) is 2.81. The summed E-state index contributed by atoms with van der Waals surface area (Å²) >= 11 is 0. The third-order valence-corrected chi connectivity index (χ3v) is 2.84. The topological polar surface area (TPSA) is 76.5 Å². The van der Waals surface area contributed by atoms with Gasteiger partial charge in [0, 0.05) is 13.1 Å². The van der Waals surface area contributed by atoms with E-state index in [0.29, 0.717) is 18.8 Å². The Morgan fingerprint density at radius 2 is 2.31 bits per heavy atom. The maximum Gasteiger partial charge on any atom is 0.289 e. The van der Waals surface area contributed by atoms with E-state index in [4.69, 9.17) is 10.2 Å². The molecule has 0 aliphatic carbocycles. The van der Waals surface area contributed by atoms with Crippen molar-refractivity contribution < 1.29 is 14.0 Å². The summed E-state index contributed by atoms with van der Waals surface area (Å²) < 4.78 is 5.04. The molecule has 2 N–H and O–H groups in total. The van der Waals surface area contributed by atoms with Crippen LogP contribution < -0.4 is 5.73 Å². The van der Waals surface area contributed by atoms with Crippen molar-refractivity contribution in [3.05, 3.63) is 24.2 Å². The number of piperidine rings is 1. The minimum absolute atomic E-state index is 0.170. The summed E-state index contributed by atoms with van der Waals surface area (Å²) in [5.41, 5.74) is 5.25. The van der Waals surface area contributed by atoms with Gasteiger partial charge in [-0.05, 0) is 25.0 Å². The lowest BCUT2D eigenvalue weighted by molar-refractivity contribution is -0.123. The Morgan fingerprint density at radius 1 is 1.50 bits per heavy atom. The quantitative estimate of drug-likeness (QED) is 0.796. The highest BCUT2D eigenvalue weighted by Crippen LogP contribution is 2.18. The van der Waals surface area contributed by atoms with E-state index in [9.17, 15) is 9.59 Å². The summed E-state index contributed by atoms with van der Waals surface area (Å²) in [6.07, 6.45) is 3.03. The molecule has 2 amide bonds. The molecule has 1 fully saturated rings. The van der Waals surface area contributed by atoms with Crippen LogP contribution in [0.25, 0.3) is 0 Å². The molecule has 1 atom stereocenters. The maximum atomic E-state index is 11.9. The highest BCUT2D eigenvalue weighted by atomic mass is 16.3. The summed E-state index contributed by atoms with van der Waals surface area (Å²) in [4.78, 5) is 24.6. The zero-order valence-electron chi connectivity index (χ0n) is 8.89. The van der Waals surface area contributed by atoms with Crippen molar-refractivity contribution in [1.82, 2.24) is 4.90 Å². The van der Waals surface area contributed by atoms with Crippen LogP contribution in [0.1, 0.15) is 23.4 Å². The molecule has 2 heterocycles. The number of amides is 2. The van der Waals surface area contributed by atoms with Crippen LogP contribution in [-0.2, 0) is 4.79 Å². The minimum atomic E-state index is -0.336. The Morgan fingerprint density at radius 3 is 2.94 bits per heavy atom. The van der Waals surface area contributed by atoms with Crippen molar-refractivity contribution in [1.29, 1.82) is 0 Å². The van der Waals surface area contributed by atoms with E-state index in [1.54, 1.807) is 17.0 Å². The molecule has 1 unspecified atom stereocenters. The molecule has 1 aliphatic rings. The molecular weight excluding hydrogens is 208 g/mol. The van der Waals surface area contributed by atoms with Crippen LogP contribution in [0.5, 0.6) is 0 Å². The first kappa shape index (κ1) is 10.7. The fourth-order valence-electron chi connectivity index (χ4n) is 1.95. The number of nitrogens with two attached hydrogens (primary N) is 1. The van der Waals surface area contributed by atoms with Crippen molar-refractivity contribution in [2.45, 2.75) is 12.8 Å². The van der Waals surface area contributed by atoms with Crippen LogP contribution in [0.3, 0.4) is 0 Å². The first-order valence-corrected chi connectivity index (χ1v) is 5.30. The SMILES string of the molecule is NC(=O)C1CCCN(C(=O)c2ccco2)C1. The van der Waals surface area contributed by atoms with E-state index >= 15 is 0 Å². The van der Waals surface area contributed by atoms with Crippen LogP contribution >= 0.6 is 0 Å². The predicted molar refractivity (Wildman–Crippen MR) is 56.5 cm³/mol. The second-order valence-electron chi connectivity index (χ2n) is 3.97. The first-order valence-electron chi connectivity index (χ1n) is 5.30. The van der Waals surface area contributed by atoms with Gasteiger partial charge in [-0.3, -0.25) is 9.59 Å². The Hall–Kier alpha value is -1.78. The summed E-state index contributed by atoms with van der Waals surface area (Å²) in [7, 11) is 0. The number of furan rings is 1. The number of likely N-dealkylation sites (tertiary alicyclic amines) is 1. The summed E-state index contributed by atoms with van der Waals surface area (Å²) in [5, 5.41) is 0. The highest BCUT2D eigenvalue weighted by molar-refractivity contribution is 5.92. The fourth-order valence-corrected chi connectivity index (χ4v) is 1.95. The van der Waals surface area contributed by atoms with Gasteiger partial charge in [-0.2, -0.15) is 0 Å². The number of hydrogen-bond donors (Lipinski definition) is 1. The van der Waals surface area contributed by atoms with Gasteiger partial charge in [-0.1, -0.05) is 0 Å². The van der Waals surface area contributed by atoms with Crippen LogP contribution in [0.4, 0.5) is 0 Å². The third kappa shape index (κ3) is 2.08. The summed E-state index contributed by atoms with van der Waals surface area (Å²) in [6, 6.07) is 3.29. The highest BCUT2D eigenvalue weighted by Gasteiger charge is 2.28. The number of rotatable bonds is 2. The van der Waals surface area contributed by atoms with Crippen molar-refractivity contribution in [3.63, 3.8) is 0 Å². The fraction of sp³-hybridized carbons (Fsp3) is 0.455. The third-order valence-electron chi connectivity index (χ3n) is 2.84. The normalized spacial score (nSPS) is 20.8. The Kier molecular flexibility index (Phi) is 2.94. The minimum Gasteiger partial charge on any atom is -0.459 e. The molecule has 0 aromatic carbocycles. The lowest BCUT2D eigenvalue weighted by atomic mass is 9.97.